The molecule has 0 aliphatic rings. The molecule has 0 amide bonds. The topological polar surface area (TPSA) is 35.0 Å². The summed E-state index contributed by atoms with van der Waals surface area (Å²) in [5, 5.41) is 4.32. The maximum absolute atomic E-state index is 5.51. The van der Waals surface area contributed by atoms with E-state index in [0.29, 0.717) is 0 Å². The Morgan fingerprint density at radius 2 is 1.92 bits per heavy atom. The predicted octanol–water partition coefficient (Wildman–Crippen LogP) is 5.97. The molecule has 0 atom stereocenters. The molecule has 0 spiro atoms. The van der Waals surface area contributed by atoms with Gasteiger partial charge in [0.2, 0.25) is 0 Å². The van der Waals surface area contributed by atoms with E-state index in [2.05, 4.69) is 58.7 Å². The molecule has 2 aromatic heterocycles. The zero-order valence-electron chi connectivity index (χ0n) is 14.6. The molecule has 0 aliphatic heterocycles. The minimum atomic E-state index is 0.807. The van der Waals surface area contributed by atoms with Crippen LogP contribution in [0.2, 0.25) is 0 Å². The van der Waals surface area contributed by atoms with Crippen LogP contribution in [0.5, 0.6) is 5.75 Å². The van der Waals surface area contributed by atoms with Gasteiger partial charge in [0.15, 0.2) is 0 Å². The Morgan fingerprint density at radius 1 is 1.08 bits per heavy atom. The summed E-state index contributed by atoms with van der Waals surface area (Å²) in [6.45, 7) is 2.10. The fraction of sp³-hybridized carbons (Fsp3) is 0.143. The largest absolute Gasteiger partial charge is 0.496 e. The van der Waals surface area contributed by atoms with Crippen LogP contribution in [0.1, 0.15) is 11.1 Å². The third kappa shape index (κ3) is 3.32. The first kappa shape index (κ1) is 17.1. The van der Waals surface area contributed by atoms with Crippen molar-refractivity contribution in [3.63, 3.8) is 0 Å². The lowest BCUT2D eigenvalue weighted by molar-refractivity contribution is 0.411. The second-order valence-electron chi connectivity index (χ2n) is 5.98. The number of thiophene rings is 1. The van der Waals surface area contributed by atoms with Crippen LogP contribution in [-0.2, 0) is 5.75 Å². The molecule has 0 fully saturated rings. The van der Waals surface area contributed by atoms with Crippen LogP contribution < -0.4 is 4.74 Å². The van der Waals surface area contributed by atoms with E-state index in [1.807, 2.05) is 12.1 Å². The lowest BCUT2D eigenvalue weighted by Gasteiger charge is -2.10. The molecule has 0 saturated carbocycles. The summed E-state index contributed by atoms with van der Waals surface area (Å²) in [6, 6.07) is 16.7. The first-order valence-electron chi connectivity index (χ1n) is 8.30. The van der Waals surface area contributed by atoms with Crippen molar-refractivity contribution in [3.05, 3.63) is 71.4 Å². The maximum atomic E-state index is 5.51. The minimum absolute atomic E-state index is 0.807. The molecule has 26 heavy (non-hydrogen) atoms. The molecule has 0 unspecified atom stereocenters. The van der Waals surface area contributed by atoms with Gasteiger partial charge in [0.25, 0.3) is 0 Å². The Kier molecular flexibility index (Phi) is 4.91. The van der Waals surface area contributed by atoms with Gasteiger partial charge in [0, 0.05) is 22.3 Å². The van der Waals surface area contributed by atoms with Crippen molar-refractivity contribution in [2.24, 2.45) is 0 Å². The fourth-order valence-corrected chi connectivity index (χ4v) is 4.92. The third-order valence-electron chi connectivity index (χ3n) is 4.22. The quantitative estimate of drug-likeness (QED) is 0.317. The van der Waals surface area contributed by atoms with Gasteiger partial charge in [-0.2, -0.15) is 0 Å². The smallest absolute Gasteiger partial charge is 0.128 e. The zero-order valence-corrected chi connectivity index (χ0v) is 16.2. The van der Waals surface area contributed by atoms with Crippen molar-refractivity contribution >= 4 is 33.3 Å². The second kappa shape index (κ2) is 7.48. The van der Waals surface area contributed by atoms with E-state index < -0.39 is 0 Å². The third-order valence-corrected chi connectivity index (χ3v) is 6.15. The molecule has 0 aliphatic carbocycles. The molecule has 4 rings (SSSR count). The molecule has 2 heterocycles. The van der Waals surface area contributed by atoms with Gasteiger partial charge in [-0.1, -0.05) is 48.0 Å². The van der Waals surface area contributed by atoms with E-state index in [9.17, 15) is 0 Å². The van der Waals surface area contributed by atoms with Crippen LogP contribution >= 0.6 is 23.1 Å². The Hall–Kier alpha value is -2.37. The molecule has 0 saturated heterocycles. The monoisotopic (exact) mass is 378 g/mol. The number of hydrogen-bond acceptors (Lipinski definition) is 5. The van der Waals surface area contributed by atoms with Crippen molar-refractivity contribution < 1.29 is 4.74 Å². The molecule has 4 aromatic rings. The van der Waals surface area contributed by atoms with E-state index in [-0.39, 0.29) is 0 Å². The number of ether oxygens (including phenoxy) is 1. The van der Waals surface area contributed by atoms with Gasteiger partial charge in [0.1, 0.15) is 21.9 Å². The van der Waals surface area contributed by atoms with Crippen molar-refractivity contribution in [2.75, 3.05) is 7.11 Å². The number of rotatable bonds is 5. The Labute approximate surface area is 161 Å². The highest BCUT2D eigenvalue weighted by Crippen LogP contribution is 2.39. The van der Waals surface area contributed by atoms with Crippen molar-refractivity contribution in [3.8, 4) is 16.9 Å². The van der Waals surface area contributed by atoms with Gasteiger partial charge >= 0.3 is 0 Å². The van der Waals surface area contributed by atoms with Gasteiger partial charge in [-0.25, -0.2) is 9.97 Å². The number of methoxy groups -OCH3 is 1. The Balaban J connectivity index is 1.71. The summed E-state index contributed by atoms with van der Waals surface area (Å²) in [5.41, 5.74) is 4.81. The molecule has 0 bridgehead atoms. The number of hydrogen-bond donors (Lipinski definition) is 0. The van der Waals surface area contributed by atoms with Crippen molar-refractivity contribution in [1.29, 1.82) is 0 Å². The van der Waals surface area contributed by atoms with Crippen molar-refractivity contribution in [2.45, 2.75) is 17.7 Å². The summed E-state index contributed by atoms with van der Waals surface area (Å²) in [4.78, 5) is 10.1. The lowest BCUT2D eigenvalue weighted by atomic mass is 10.1. The maximum Gasteiger partial charge on any atom is 0.128 e. The molecular formula is C21H18N2OS2. The number of nitrogens with zero attached hydrogens (tertiary/aromatic N) is 2. The van der Waals surface area contributed by atoms with Gasteiger partial charge in [-0.15, -0.1) is 23.1 Å². The van der Waals surface area contributed by atoms with Crippen molar-refractivity contribution in [1.82, 2.24) is 9.97 Å². The molecular weight excluding hydrogens is 360 g/mol. The average molecular weight is 379 g/mol. The summed E-state index contributed by atoms with van der Waals surface area (Å²) in [7, 11) is 1.72. The Bertz CT molecular complexity index is 1040. The highest BCUT2D eigenvalue weighted by Gasteiger charge is 2.14. The summed E-state index contributed by atoms with van der Waals surface area (Å²) < 4.78 is 5.51. The standard InChI is InChI=1S/C21H18N2OS2/c1-14-8-9-18(24-2)16(10-14)11-25-20-19-17(15-6-4-3-5-7-15)12-26-21(19)23-13-22-20/h3-10,12-13H,11H2,1-2H3. The first-order chi connectivity index (χ1) is 12.8. The predicted molar refractivity (Wildman–Crippen MR) is 110 cm³/mol. The number of thioether (sulfide) groups is 1. The van der Waals surface area contributed by atoms with Crippen LogP contribution in [0.15, 0.2) is 65.3 Å². The molecule has 3 nitrogen and oxygen atoms in total. The second-order valence-corrected chi connectivity index (χ2v) is 7.80. The van der Waals surface area contributed by atoms with Gasteiger partial charge < -0.3 is 4.74 Å². The lowest BCUT2D eigenvalue weighted by Crippen LogP contribution is -1.92. The van der Waals surface area contributed by atoms with Crippen LogP contribution in [0.4, 0.5) is 0 Å². The molecule has 0 radical (unpaired) electrons. The van der Waals surface area contributed by atoms with E-state index in [0.717, 1.165) is 26.7 Å². The SMILES string of the molecule is COc1ccc(C)cc1CSc1ncnc2scc(-c3ccccc3)c12. The fourth-order valence-electron chi connectivity index (χ4n) is 2.95. The molecule has 130 valence electrons. The first-order valence-corrected chi connectivity index (χ1v) is 10.2. The van der Waals surface area contributed by atoms with Gasteiger partial charge in [0.05, 0.1) is 12.5 Å². The highest BCUT2D eigenvalue weighted by molar-refractivity contribution is 7.98. The van der Waals surface area contributed by atoms with Crippen LogP contribution in [-0.4, -0.2) is 17.1 Å². The van der Waals surface area contributed by atoms with E-state index in [4.69, 9.17) is 4.74 Å². The van der Waals surface area contributed by atoms with E-state index in [1.54, 1.807) is 36.5 Å². The zero-order chi connectivity index (χ0) is 17.9. The van der Waals surface area contributed by atoms with Crippen LogP contribution in [0.25, 0.3) is 21.3 Å². The van der Waals surface area contributed by atoms with Crippen LogP contribution in [0, 0.1) is 6.92 Å². The minimum Gasteiger partial charge on any atom is -0.496 e. The molecule has 0 N–H and O–H groups in total. The average Bonchev–Trinajstić information content (AvgIpc) is 3.12. The number of benzene rings is 2. The summed E-state index contributed by atoms with van der Waals surface area (Å²) in [6.07, 6.45) is 1.66. The number of aryl methyl sites for hydroxylation is 1. The van der Waals surface area contributed by atoms with Gasteiger partial charge in [-0.3, -0.25) is 0 Å². The highest BCUT2D eigenvalue weighted by atomic mass is 32.2. The van der Waals surface area contributed by atoms with E-state index >= 15 is 0 Å². The number of fused-ring (bicyclic) bond motifs is 1. The molecule has 2 aromatic carbocycles. The number of aromatic nitrogens is 2. The molecule has 5 heteroatoms. The summed E-state index contributed by atoms with van der Waals surface area (Å²) >= 11 is 3.40. The summed E-state index contributed by atoms with van der Waals surface area (Å²) in [5.74, 6) is 1.73. The van der Waals surface area contributed by atoms with Crippen LogP contribution in [0.3, 0.4) is 0 Å². The van der Waals surface area contributed by atoms with E-state index in [1.165, 1.54) is 22.3 Å². The van der Waals surface area contributed by atoms with Gasteiger partial charge in [-0.05, 0) is 18.6 Å². The Morgan fingerprint density at radius 3 is 2.73 bits per heavy atom. The normalized spacial score (nSPS) is 11.0.